The van der Waals surface area contributed by atoms with Gasteiger partial charge in [0.25, 0.3) is 5.69 Å². The van der Waals surface area contributed by atoms with E-state index in [-0.39, 0.29) is 16.9 Å². The maximum Gasteiger partial charge on any atom is 0.335 e. The molecule has 0 aromatic heterocycles. The van der Waals surface area contributed by atoms with Crippen molar-refractivity contribution in [2.75, 3.05) is 12.4 Å². The molecule has 0 atom stereocenters. The zero-order valence-electron chi connectivity index (χ0n) is 11.1. The fraction of sp³-hybridized carbons (Fsp3) is 0.0714. The standard InChI is InChI=1S/C14H12N2O5/c1-21-11-4-2-3-10(8-11)15-12-7-9(14(17)18)5-6-13(12)16(19)20/h2-8,15H,1H3,(H,17,18). The van der Waals surface area contributed by atoms with Crippen LogP contribution in [0.3, 0.4) is 0 Å². The topological polar surface area (TPSA) is 102 Å². The van der Waals surface area contributed by atoms with Crippen LogP contribution in [0.5, 0.6) is 5.75 Å². The fourth-order valence-electron chi connectivity index (χ4n) is 1.78. The van der Waals surface area contributed by atoms with Crippen molar-refractivity contribution < 1.29 is 19.6 Å². The Labute approximate surface area is 119 Å². The van der Waals surface area contributed by atoms with Crippen LogP contribution in [0.2, 0.25) is 0 Å². The van der Waals surface area contributed by atoms with E-state index in [9.17, 15) is 14.9 Å². The van der Waals surface area contributed by atoms with Crippen molar-refractivity contribution in [2.24, 2.45) is 0 Å². The summed E-state index contributed by atoms with van der Waals surface area (Å²) in [5.74, 6) is -0.573. The molecule has 2 N–H and O–H groups in total. The molecule has 0 aliphatic carbocycles. The van der Waals surface area contributed by atoms with Crippen LogP contribution in [-0.2, 0) is 0 Å². The first-order valence-corrected chi connectivity index (χ1v) is 5.94. The summed E-state index contributed by atoms with van der Waals surface area (Å²) in [5.41, 5.74) is 0.418. The van der Waals surface area contributed by atoms with Crippen LogP contribution in [-0.4, -0.2) is 23.1 Å². The number of nitro benzene ring substituents is 1. The van der Waals surface area contributed by atoms with Crippen LogP contribution in [0.1, 0.15) is 10.4 Å². The number of nitrogens with one attached hydrogen (secondary N) is 1. The first kappa shape index (κ1) is 14.3. The zero-order valence-corrected chi connectivity index (χ0v) is 11.1. The Morgan fingerprint density at radius 2 is 2.05 bits per heavy atom. The normalized spacial score (nSPS) is 9.95. The van der Waals surface area contributed by atoms with E-state index in [0.717, 1.165) is 6.07 Å². The van der Waals surface area contributed by atoms with Gasteiger partial charge in [0.15, 0.2) is 0 Å². The minimum atomic E-state index is -1.15. The van der Waals surface area contributed by atoms with Crippen LogP contribution < -0.4 is 10.1 Å². The number of carboxylic acid groups (broad SMARTS) is 1. The minimum Gasteiger partial charge on any atom is -0.497 e. The predicted octanol–water partition coefficient (Wildman–Crippen LogP) is 3.05. The van der Waals surface area contributed by atoms with Crippen molar-refractivity contribution in [3.8, 4) is 5.75 Å². The first-order chi connectivity index (χ1) is 10.0. The van der Waals surface area contributed by atoms with Crippen LogP contribution in [0.25, 0.3) is 0 Å². The van der Waals surface area contributed by atoms with Gasteiger partial charge in [-0.3, -0.25) is 10.1 Å². The molecule has 0 fully saturated rings. The summed E-state index contributed by atoms with van der Waals surface area (Å²) in [6.07, 6.45) is 0. The molecule has 7 nitrogen and oxygen atoms in total. The molecule has 0 saturated carbocycles. The number of nitrogens with zero attached hydrogens (tertiary/aromatic N) is 1. The van der Waals surface area contributed by atoms with Gasteiger partial charge in [-0.15, -0.1) is 0 Å². The first-order valence-electron chi connectivity index (χ1n) is 5.94. The summed E-state index contributed by atoms with van der Waals surface area (Å²) in [6, 6.07) is 10.4. The van der Waals surface area contributed by atoms with Crippen LogP contribution >= 0.6 is 0 Å². The molecule has 0 spiro atoms. The van der Waals surface area contributed by atoms with Crippen molar-refractivity contribution in [1.82, 2.24) is 0 Å². The Morgan fingerprint density at radius 1 is 1.29 bits per heavy atom. The van der Waals surface area contributed by atoms with Crippen LogP contribution in [0, 0.1) is 10.1 Å². The lowest BCUT2D eigenvalue weighted by Crippen LogP contribution is -2.02. The van der Waals surface area contributed by atoms with Gasteiger partial charge in [0, 0.05) is 17.8 Å². The van der Waals surface area contributed by atoms with Crippen molar-refractivity contribution in [1.29, 1.82) is 0 Å². The lowest BCUT2D eigenvalue weighted by atomic mass is 10.1. The largest absolute Gasteiger partial charge is 0.497 e. The van der Waals surface area contributed by atoms with E-state index >= 15 is 0 Å². The van der Waals surface area contributed by atoms with Crippen LogP contribution in [0.4, 0.5) is 17.1 Å². The smallest absolute Gasteiger partial charge is 0.335 e. The SMILES string of the molecule is COc1cccc(Nc2cc(C(=O)O)ccc2[N+](=O)[O-])c1. The van der Waals surface area contributed by atoms with Gasteiger partial charge in [-0.1, -0.05) is 6.07 Å². The Hall–Kier alpha value is -3.09. The summed E-state index contributed by atoms with van der Waals surface area (Å²) < 4.78 is 5.06. The lowest BCUT2D eigenvalue weighted by Gasteiger charge is -2.09. The predicted molar refractivity (Wildman–Crippen MR) is 76.3 cm³/mol. The Morgan fingerprint density at radius 3 is 2.67 bits per heavy atom. The molecule has 2 aromatic carbocycles. The number of anilines is 2. The maximum atomic E-state index is 11.0. The minimum absolute atomic E-state index is 0.0361. The fourth-order valence-corrected chi connectivity index (χ4v) is 1.78. The van der Waals surface area contributed by atoms with Gasteiger partial charge in [0.1, 0.15) is 11.4 Å². The average molecular weight is 288 g/mol. The highest BCUT2D eigenvalue weighted by Gasteiger charge is 2.16. The van der Waals surface area contributed by atoms with Crippen molar-refractivity contribution in [2.45, 2.75) is 0 Å². The number of rotatable bonds is 5. The number of aromatic carboxylic acids is 1. The number of hydrogen-bond donors (Lipinski definition) is 2. The second-order valence-electron chi connectivity index (χ2n) is 4.15. The van der Waals surface area contributed by atoms with Crippen molar-refractivity contribution in [3.05, 3.63) is 58.1 Å². The third kappa shape index (κ3) is 3.27. The van der Waals surface area contributed by atoms with Gasteiger partial charge >= 0.3 is 5.97 Å². The summed E-state index contributed by atoms with van der Waals surface area (Å²) in [6.45, 7) is 0. The van der Waals surface area contributed by atoms with E-state index in [1.807, 2.05) is 0 Å². The number of ether oxygens (including phenoxy) is 1. The van der Waals surface area contributed by atoms with E-state index in [2.05, 4.69) is 5.32 Å². The average Bonchev–Trinajstić information content (AvgIpc) is 2.47. The van der Waals surface area contributed by atoms with Gasteiger partial charge in [0.2, 0.25) is 0 Å². The molecule has 0 bridgehead atoms. The molecule has 0 radical (unpaired) electrons. The Balaban J connectivity index is 2.42. The number of hydrogen-bond acceptors (Lipinski definition) is 5. The van der Waals surface area contributed by atoms with Gasteiger partial charge in [-0.25, -0.2) is 4.79 Å². The Kier molecular flexibility index (Phi) is 4.03. The highest BCUT2D eigenvalue weighted by molar-refractivity contribution is 5.90. The van der Waals surface area contributed by atoms with E-state index in [4.69, 9.17) is 9.84 Å². The third-order valence-corrected chi connectivity index (χ3v) is 2.79. The molecule has 2 rings (SSSR count). The molecule has 0 unspecified atom stereocenters. The zero-order chi connectivity index (χ0) is 15.4. The van der Waals surface area contributed by atoms with E-state index in [1.54, 1.807) is 24.3 Å². The molecule has 21 heavy (non-hydrogen) atoms. The van der Waals surface area contributed by atoms with Gasteiger partial charge < -0.3 is 15.2 Å². The van der Waals surface area contributed by atoms with Gasteiger partial charge in [-0.2, -0.15) is 0 Å². The summed E-state index contributed by atoms with van der Waals surface area (Å²) in [4.78, 5) is 21.4. The molecule has 0 aliphatic rings. The lowest BCUT2D eigenvalue weighted by molar-refractivity contribution is -0.383. The summed E-state index contributed by atoms with van der Waals surface area (Å²) in [5, 5.41) is 22.8. The third-order valence-electron chi connectivity index (χ3n) is 2.79. The number of carboxylic acids is 1. The molecule has 108 valence electrons. The maximum absolute atomic E-state index is 11.0. The highest BCUT2D eigenvalue weighted by Crippen LogP contribution is 2.29. The molecule has 2 aromatic rings. The van der Waals surface area contributed by atoms with E-state index < -0.39 is 10.9 Å². The van der Waals surface area contributed by atoms with Crippen molar-refractivity contribution in [3.63, 3.8) is 0 Å². The second-order valence-corrected chi connectivity index (χ2v) is 4.15. The van der Waals surface area contributed by atoms with E-state index in [1.165, 1.54) is 19.2 Å². The number of nitro groups is 1. The molecular formula is C14H12N2O5. The van der Waals surface area contributed by atoms with Gasteiger partial charge in [-0.05, 0) is 24.3 Å². The summed E-state index contributed by atoms with van der Waals surface area (Å²) in [7, 11) is 1.51. The molecular weight excluding hydrogens is 276 g/mol. The molecule has 0 aliphatic heterocycles. The second kappa shape index (κ2) is 5.91. The number of carbonyl (C=O) groups is 1. The molecule has 0 amide bonds. The van der Waals surface area contributed by atoms with Gasteiger partial charge in [0.05, 0.1) is 17.6 Å². The number of benzene rings is 2. The summed E-state index contributed by atoms with van der Waals surface area (Å²) >= 11 is 0. The number of methoxy groups -OCH3 is 1. The molecule has 7 heteroatoms. The van der Waals surface area contributed by atoms with Crippen LogP contribution in [0.15, 0.2) is 42.5 Å². The molecule has 0 heterocycles. The Bertz CT molecular complexity index is 700. The van der Waals surface area contributed by atoms with E-state index in [0.29, 0.717) is 11.4 Å². The quantitative estimate of drug-likeness (QED) is 0.647. The molecule has 0 saturated heterocycles. The van der Waals surface area contributed by atoms with Crippen molar-refractivity contribution >= 4 is 23.0 Å². The monoisotopic (exact) mass is 288 g/mol. The highest BCUT2D eigenvalue weighted by atomic mass is 16.6.